The molecule has 0 saturated carbocycles. The summed E-state index contributed by atoms with van der Waals surface area (Å²) < 4.78 is 5.59. The SMILES string of the molecule is CC(c1cscn1)N1CCC(OCCC(=O)O)CC1. The Hall–Kier alpha value is -0.980. The fraction of sp³-hybridized carbons (Fsp3) is 0.692. The largest absolute Gasteiger partial charge is 0.481 e. The van der Waals surface area contributed by atoms with Gasteiger partial charge in [0.05, 0.1) is 36.4 Å². The molecule has 1 atom stereocenters. The average Bonchev–Trinajstić information content (AvgIpc) is 2.92. The highest BCUT2D eigenvalue weighted by Gasteiger charge is 2.24. The first kappa shape index (κ1) is 14.4. The minimum Gasteiger partial charge on any atom is -0.481 e. The molecule has 0 spiro atoms. The Bertz CT molecular complexity index is 389. The van der Waals surface area contributed by atoms with E-state index in [1.165, 1.54) is 0 Å². The van der Waals surface area contributed by atoms with E-state index in [1.54, 1.807) is 11.3 Å². The molecule has 1 fully saturated rings. The molecule has 0 aliphatic carbocycles. The minimum atomic E-state index is -0.797. The van der Waals surface area contributed by atoms with Gasteiger partial charge in [-0.25, -0.2) is 4.98 Å². The highest BCUT2D eigenvalue weighted by Crippen LogP contribution is 2.24. The lowest BCUT2D eigenvalue weighted by Crippen LogP contribution is -2.38. The van der Waals surface area contributed by atoms with E-state index in [9.17, 15) is 4.79 Å². The Morgan fingerprint density at radius 3 is 2.95 bits per heavy atom. The molecule has 0 radical (unpaired) electrons. The summed E-state index contributed by atoms with van der Waals surface area (Å²) in [7, 11) is 0. The van der Waals surface area contributed by atoms with Crippen molar-refractivity contribution in [3.05, 3.63) is 16.6 Å². The third-order valence-corrected chi connectivity index (χ3v) is 4.18. The van der Waals surface area contributed by atoms with E-state index in [2.05, 4.69) is 22.2 Å². The number of hydrogen-bond donors (Lipinski definition) is 1. The lowest BCUT2D eigenvalue weighted by atomic mass is 10.0. The summed E-state index contributed by atoms with van der Waals surface area (Å²) in [5.74, 6) is -0.797. The first-order chi connectivity index (χ1) is 9.16. The molecule has 6 heteroatoms. The molecule has 2 rings (SSSR count). The Morgan fingerprint density at radius 2 is 2.37 bits per heavy atom. The molecule has 2 heterocycles. The lowest BCUT2D eigenvalue weighted by Gasteiger charge is -2.35. The van der Waals surface area contributed by atoms with Gasteiger partial charge in [-0.05, 0) is 19.8 Å². The van der Waals surface area contributed by atoms with E-state index >= 15 is 0 Å². The predicted octanol–water partition coefficient (Wildman–Crippen LogP) is 2.16. The monoisotopic (exact) mass is 284 g/mol. The van der Waals surface area contributed by atoms with E-state index in [0.29, 0.717) is 12.6 Å². The number of aliphatic carboxylic acids is 1. The van der Waals surface area contributed by atoms with Crippen molar-refractivity contribution in [1.82, 2.24) is 9.88 Å². The summed E-state index contributed by atoms with van der Waals surface area (Å²) >= 11 is 1.63. The number of likely N-dealkylation sites (tertiary alicyclic amines) is 1. The second kappa shape index (κ2) is 6.98. The lowest BCUT2D eigenvalue weighted by molar-refractivity contribution is -0.138. The van der Waals surface area contributed by atoms with Crippen LogP contribution in [0.15, 0.2) is 10.9 Å². The van der Waals surface area contributed by atoms with E-state index in [0.717, 1.165) is 31.6 Å². The normalized spacial score (nSPS) is 19.4. The number of rotatable bonds is 6. The molecule has 1 saturated heterocycles. The van der Waals surface area contributed by atoms with Gasteiger partial charge in [0.15, 0.2) is 0 Å². The smallest absolute Gasteiger partial charge is 0.305 e. The topological polar surface area (TPSA) is 62.7 Å². The maximum Gasteiger partial charge on any atom is 0.305 e. The Labute approximate surface area is 117 Å². The third kappa shape index (κ3) is 4.26. The van der Waals surface area contributed by atoms with Crippen LogP contribution in [0.25, 0.3) is 0 Å². The number of hydrogen-bond acceptors (Lipinski definition) is 5. The summed E-state index contributed by atoms with van der Waals surface area (Å²) in [5.41, 5.74) is 3.00. The molecule has 5 nitrogen and oxygen atoms in total. The molecule has 0 amide bonds. The molecule has 1 aromatic rings. The van der Waals surface area contributed by atoms with Crippen LogP contribution in [0.4, 0.5) is 0 Å². The van der Waals surface area contributed by atoms with Crippen molar-refractivity contribution in [2.24, 2.45) is 0 Å². The van der Waals surface area contributed by atoms with Crippen molar-refractivity contribution in [1.29, 1.82) is 0 Å². The van der Waals surface area contributed by atoms with Gasteiger partial charge in [-0.2, -0.15) is 0 Å². The average molecular weight is 284 g/mol. The zero-order chi connectivity index (χ0) is 13.7. The number of carboxylic acid groups (broad SMARTS) is 1. The third-order valence-electron chi connectivity index (χ3n) is 3.57. The predicted molar refractivity (Wildman–Crippen MR) is 73.3 cm³/mol. The van der Waals surface area contributed by atoms with E-state index in [4.69, 9.17) is 9.84 Å². The molecule has 1 aliphatic rings. The van der Waals surface area contributed by atoms with Crippen molar-refractivity contribution < 1.29 is 14.6 Å². The van der Waals surface area contributed by atoms with Gasteiger partial charge in [-0.15, -0.1) is 11.3 Å². The number of piperidine rings is 1. The first-order valence-corrected chi connectivity index (χ1v) is 7.56. The number of nitrogens with zero attached hydrogens (tertiary/aromatic N) is 2. The van der Waals surface area contributed by atoms with Crippen LogP contribution in [0.2, 0.25) is 0 Å². The Morgan fingerprint density at radius 1 is 1.63 bits per heavy atom. The van der Waals surface area contributed by atoms with Crippen molar-refractivity contribution in [2.45, 2.75) is 38.3 Å². The van der Waals surface area contributed by atoms with Crippen LogP contribution in [-0.4, -0.2) is 46.8 Å². The second-order valence-electron chi connectivity index (χ2n) is 4.84. The van der Waals surface area contributed by atoms with Gasteiger partial charge >= 0.3 is 5.97 Å². The highest BCUT2D eigenvalue weighted by atomic mass is 32.1. The number of carboxylic acids is 1. The van der Waals surface area contributed by atoms with Gasteiger partial charge in [0.25, 0.3) is 0 Å². The molecule has 106 valence electrons. The van der Waals surface area contributed by atoms with Crippen LogP contribution < -0.4 is 0 Å². The van der Waals surface area contributed by atoms with Crippen LogP contribution >= 0.6 is 11.3 Å². The summed E-state index contributed by atoms with van der Waals surface area (Å²) in [5, 5.41) is 10.7. The van der Waals surface area contributed by atoms with Crippen LogP contribution in [-0.2, 0) is 9.53 Å². The fourth-order valence-corrected chi connectivity index (χ4v) is 3.00. The van der Waals surface area contributed by atoms with Crippen molar-refractivity contribution >= 4 is 17.3 Å². The standard InChI is InChI=1S/C13H20N2O3S/c1-10(12-8-19-9-14-12)15-5-2-11(3-6-15)18-7-4-13(16)17/h8-11H,2-7H2,1H3,(H,16,17). The summed E-state index contributed by atoms with van der Waals surface area (Å²) in [6.45, 7) is 4.47. The van der Waals surface area contributed by atoms with Crippen molar-refractivity contribution in [3.63, 3.8) is 0 Å². The van der Waals surface area contributed by atoms with Crippen molar-refractivity contribution in [2.75, 3.05) is 19.7 Å². The van der Waals surface area contributed by atoms with Crippen LogP contribution in [0.3, 0.4) is 0 Å². The van der Waals surface area contributed by atoms with Crippen molar-refractivity contribution in [3.8, 4) is 0 Å². The maximum absolute atomic E-state index is 10.4. The van der Waals surface area contributed by atoms with Gasteiger partial charge in [0.2, 0.25) is 0 Å². The quantitative estimate of drug-likeness (QED) is 0.867. The summed E-state index contributed by atoms with van der Waals surface area (Å²) in [4.78, 5) is 17.2. The molecule has 0 aromatic carbocycles. The molecule has 19 heavy (non-hydrogen) atoms. The molecule has 0 bridgehead atoms. The zero-order valence-corrected chi connectivity index (χ0v) is 11.9. The van der Waals surface area contributed by atoms with Gasteiger partial charge in [-0.3, -0.25) is 9.69 Å². The number of aromatic nitrogens is 1. The summed E-state index contributed by atoms with van der Waals surface area (Å²) in [6, 6.07) is 0.353. The Balaban J connectivity index is 1.72. The maximum atomic E-state index is 10.4. The molecule has 1 unspecified atom stereocenters. The van der Waals surface area contributed by atoms with E-state index in [1.807, 2.05) is 5.51 Å². The number of ether oxygens (including phenoxy) is 1. The van der Waals surface area contributed by atoms with E-state index in [-0.39, 0.29) is 12.5 Å². The first-order valence-electron chi connectivity index (χ1n) is 6.62. The molecule has 1 N–H and O–H groups in total. The Kier molecular flexibility index (Phi) is 5.30. The number of thiazole rings is 1. The molecular formula is C13H20N2O3S. The minimum absolute atomic E-state index is 0.0927. The summed E-state index contributed by atoms with van der Waals surface area (Å²) in [6.07, 6.45) is 2.23. The van der Waals surface area contributed by atoms with Gasteiger partial charge in [-0.1, -0.05) is 0 Å². The van der Waals surface area contributed by atoms with Crippen LogP contribution in [0, 0.1) is 0 Å². The molecular weight excluding hydrogens is 264 g/mol. The molecule has 1 aromatic heterocycles. The van der Waals surface area contributed by atoms with Gasteiger partial charge < -0.3 is 9.84 Å². The van der Waals surface area contributed by atoms with Crippen LogP contribution in [0.5, 0.6) is 0 Å². The van der Waals surface area contributed by atoms with Gasteiger partial charge in [0, 0.05) is 18.5 Å². The highest BCUT2D eigenvalue weighted by molar-refractivity contribution is 7.07. The fourth-order valence-electron chi connectivity index (χ4n) is 2.36. The molecule has 1 aliphatic heterocycles. The van der Waals surface area contributed by atoms with Crippen LogP contribution in [0.1, 0.15) is 37.9 Å². The second-order valence-corrected chi connectivity index (χ2v) is 5.56. The number of carbonyl (C=O) groups is 1. The zero-order valence-electron chi connectivity index (χ0n) is 11.1. The van der Waals surface area contributed by atoms with Gasteiger partial charge in [0.1, 0.15) is 0 Å². The van der Waals surface area contributed by atoms with E-state index < -0.39 is 5.97 Å².